The van der Waals surface area contributed by atoms with Crippen LogP contribution in [-0.4, -0.2) is 21.1 Å². The molecule has 0 saturated heterocycles. The van der Waals surface area contributed by atoms with E-state index in [1.807, 2.05) is 0 Å². The van der Waals surface area contributed by atoms with Crippen LogP contribution in [-0.2, 0) is 0 Å². The molecule has 7 heteroatoms. The van der Waals surface area contributed by atoms with Gasteiger partial charge in [-0.1, -0.05) is 15.9 Å². The van der Waals surface area contributed by atoms with Gasteiger partial charge in [0.15, 0.2) is 0 Å². The molecule has 0 saturated carbocycles. The standard InChI is InChI=1S/C9H6BrFN4O/c10-5-1-2-7(11)6(3-5)8(16)14-9-12-4-13-15-9/h1-4H,(H2,12,13,14,15,16). The van der Waals surface area contributed by atoms with Crippen LogP contribution in [0, 0.1) is 5.82 Å². The number of carbonyl (C=O) groups is 1. The van der Waals surface area contributed by atoms with Gasteiger partial charge in [0, 0.05) is 4.47 Å². The molecule has 1 heterocycles. The van der Waals surface area contributed by atoms with Gasteiger partial charge in [-0.25, -0.2) is 9.49 Å². The third-order valence-electron chi connectivity index (χ3n) is 1.82. The van der Waals surface area contributed by atoms with Gasteiger partial charge in [0.25, 0.3) is 5.91 Å². The number of amides is 1. The Bertz CT molecular complexity index is 514. The Hall–Kier alpha value is -1.76. The van der Waals surface area contributed by atoms with E-state index in [0.717, 1.165) is 0 Å². The summed E-state index contributed by atoms with van der Waals surface area (Å²) in [4.78, 5) is 15.3. The van der Waals surface area contributed by atoms with E-state index < -0.39 is 11.7 Å². The molecule has 5 nitrogen and oxygen atoms in total. The third-order valence-corrected chi connectivity index (χ3v) is 2.31. The summed E-state index contributed by atoms with van der Waals surface area (Å²) in [5.74, 6) is -1.01. The molecule has 0 aliphatic rings. The molecule has 0 aliphatic carbocycles. The highest BCUT2D eigenvalue weighted by Crippen LogP contribution is 2.16. The third kappa shape index (κ3) is 2.25. The second kappa shape index (κ2) is 4.40. The van der Waals surface area contributed by atoms with E-state index in [1.54, 1.807) is 0 Å². The van der Waals surface area contributed by atoms with Crippen molar-refractivity contribution in [2.45, 2.75) is 0 Å². The molecule has 0 unspecified atom stereocenters. The molecule has 0 aliphatic heterocycles. The number of aromatic nitrogens is 3. The summed E-state index contributed by atoms with van der Waals surface area (Å²) in [5.41, 5.74) is -0.0641. The summed E-state index contributed by atoms with van der Waals surface area (Å²) in [6.07, 6.45) is 1.24. The maximum atomic E-state index is 13.3. The quantitative estimate of drug-likeness (QED) is 0.886. The molecular formula is C9H6BrFN4O. The van der Waals surface area contributed by atoms with Crippen molar-refractivity contribution in [2.24, 2.45) is 0 Å². The first kappa shape index (κ1) is 10.7. The summed E-state index contributed by atoms with van der Waals surface area (Å²) in [6, 6.07) is 4.11. The van der Waals surface area contributed by atoms with Gasteiger partial charge in [-0.2, -0.15) is 10.1 Å². The topological polar surface area (TPSA) is 70.7 Å². The highest BCUT2D eigenvalue weighted by Gasteiger charge is 2.13. The molecule has 82 valence electrons. The number of halogens is 2. The molecule has 1 amide bonds. The van der Waals surface area contributed by atoms with Crippen LogP contribution in [0.2, 0.25) is 0 Å². The predicted molar refractivity (Wildman–Crippen MR) is 58.4 cm³/mol. The number of hydrogen-bond acceptors (Lipinski definition) is 3. The Morgan fingerprint density at radius 2 is 2.31 bits per heavy atom. The van der Waals surface area contributed by atoms with E-state index in [9.17, 15) is 9.18 Å². The lowest BCUT2D eigenvalue weighted by atomic mass is 10.2. The van der Waals surface area contributed by atoms with Crippen molar-refractivity contribution < 1.29 is 9.18 Å². The molecule has 2 rings (SSSR count). The average Bonchev–Trinajstić information content (AvgIpc) is 2.74. The van der Waals surface area contributed by atoms with Gasteiger partial charge >= 0.3 is 0 Å². The fourth-order valence-electron chi connectivity index (χ4n) is 1.11. The Kier molecular flexibility index (Phi) is 2.95. The highest BCUT2D eigenvalue weighted by atomic mass is 79.9. The van der Waals surface area contributed by atoms with Gasteiger partial charge in [-0.15, -0.1) is 0 Å². The molecule has 2 aromatic rings. The van der Waals surface area contributed by atoms with Crippen LogP contribution in [0.4, 0.5) is 10.3 Å². The van der Waals surface area contributed by atoms with Crippen LogP contribution < -0.4 is 5.32 Å². The Morgan fingerprint density at radius 1 is 1.50 bits per heavy atom. The van der Waals surface area contributed by atoms with Gasteiger partial charge in [-0.05, 0) is 18.2 Å². The molecule has 1 aromatic carbocycles. The Morgan fingerprint density at radius 3 is 3.00 bits per heavy atom. The van der Waals surface area contributed by atoms with Crippen molar-refractivity contribution in [3.05, 3.63) is 40.4 Å². The Labute approximate surface area is 98.2 Å². The lowest BCUT2D eigenvalue weighted by Crippen LogP contribution is -2.14. The lowest BCUT2D eigenvalue weighted by molar-refractivity contribution is 0.102. The molecule has 0 bridgehead atoms. The van der Waals surface area contributed by atoms with Crippen LogP contribution in [0.25, 0.3) is 0 Å². The minimum atomic E-state index is -0.597. The number of nitrogens with zero attached hydrogens (tertiary/aromatic N) is 2. The highest BCUT2D eigenvalue weighted by molar-refractivity contribution is 9.10. The van der Waals surface area contributed by atoms with Crippen molar-refractivity contribution in [2.75, 3.05) is 5.32 Å². The van der Waals surface area contributed by atoms with Gasteiger partial charge in [0.1, 0.15) is 12.1 Å². The molecule has 0 fully saturated rings. The molecule has 0 radical (unpaired) electrons. The second-order valence-electron chi connectivity index (χ2n) is 2.91. The molecule has 1 aromatic heterocycles. The number of benzene rings is 1. The van der Waals surface area contributed by atoms with Crippen molar-refractivity contribution in [1.82, 2.24) is 15.2 Å². The number of carbonyl (C=O) groups excluding carboxylic acids is 1. The van der Waals surface area contributed by atoms with Gasteiger partial charge in [-0.3, -0.25) is 10.1 Å². The first-order valence-electron chi connectivity index (χ1n) is 4.28. The van der Waals surface area contributed by atoms with Gasteiger partial charge in [0.2, 0.25) is 5.95 Å². The van der Waals surface area contributed by atoms with Crippen molar-refractivity contribution in [1.29, 1.82) is 0 Å². The zero-order chi connectivity index (χ0) is 11.5. The van der Waals surface area contributed by atoms with E-state index >= 15 is 0 Å². The average molecular weight is 285 g/mol. The number of aromatic amines is 1. The number of rotatable bonds is 2. The van der Waals surface area contributed by atoms with Crippen molar-refractivity contribution >= 4 is 27.8 Å². The van der Waals surface area contributed by atoms with Gasteiger partial charge < -0.3 is 0 Å². The molecule has 0 atom stereocenters. The summed E-state index contributed by atoms with van der Waals surface area (Å²) in [7, 11) is 0. The summed E-state index contributed by atoms with van der Waals surface area (Å²) in [6.45, 7) is 0. The fourth-order valence-corrected chi connectivity index (χ4v) is 1.47. The normalized spacial score (nSPS) is 10.1. The summed E-state index contributed by atoms with van der Waals surface area (Å²) in [5, 5.41) is 8.38. The minimum absolute atomic E-state index is 0.0641. The van der Waals surface area contributed by atoms with E-state index in [0.29, 0.717) is 4.47 Å². The van der Waals surface area contributed by atoms with E-state index in [-0.39, 0.29) is 11.5 Å². The first-order valence-corrected chi connectivity index (χ1v) is 5.08. The Balaban J connectivity index is 2.24. The largest absolute Gasteiger partial charge is 0.291 e. The van der Waals surface area contributed by atoms with Crippen molar-refractivity contribution in [3.8, 4) is 0 Å². The zero-order valence-electron chi connectivity index (χ0n) is 7.87. The number of H-pyrrole nitrogens is 1. The smallest absolute Gasteiger partial charge is 0.261 e. The first-order chi connectivity index (χ1) is 7.66. The number of nitrogens with one attached hydrogen (secondary N) is 2. The molecular weight excluding hydrogens is 279 g/mol. The van der Waals surface area contributed by atoms with E-state index in [2.05, 4.69) is 36.4 Å². The SMILES string of the molecule is O=C(Nc1ncn[nH]1)c1cc(Br)ccc1F. The van der Waals surface area contributed by atoms with Crippen LogP contribution in [0.3, 0.4) is 0 Å². The predicted octanol–water partition coefficient (Wildman–Crippen LogP) is 1.96. The van der Waals surface area contributed by atoms with Crippen LogP contribution in [0.5, 0.6) is 0 Å². The fraction of sp³-hybridized carbons (Fsp3) is 0. The van der Waals surface area contributed by atoms with Crippen molar-refractivity contribution in [3.63, 3.8) is 0 Å². The number of anilines is 1. The summed E-state index contributed by atoms with van der Waals surface area (Å²) >= 11 is 3.16. The van der Waals surface area contributed by atoms with Crippen LogP contribution in [0.15, 0.2) is 29.0 Å². The maximum absolute atomic E-state index is 13.3. The zero-order valence-corrected chi connectivity index (χ0v) is 9.45. The summed E-state index contributed by atoms with van der Waals surface area (Å²) < 4.78 is 13.9. The molecule has 16 heavy (non-hydrogen) atoms. The van der Waals surface area contributed by atoms with E-state index in [1.165, 1.54) is 24.5 Å². The van der Waals surface area contributed by atoms with Crippen LogP contribution in [0.1, 0.15) is 10.4 Å². The maximum Gasteiger partial charge on any atom is 0.261 e. The second-order valence-corrected chi connectivity index (χ2v) is 3.83. The lowest BCUT2D eigenvalue weighted by Gasteiger charge is -2.03. The minimum Gasteiger partial charge on any atom is -0.291 e. The monoisotopic (exact) mass is 284 g/mol. The van der Waals surface area contributed by atoms with Gasteiger partial charge in [0.05, 0.1) is 5.56 Å². The molecule has 2 N–H and O–H groups in total. The van der Waals surface area contributed by atoms with E-state index in [4.69, 9.17) is 0 Å². The van der Waals surface area contributed by atoms with Crippen LogP contribution >= 0.6 is 15.9 Å². The molecule has 0 spiro atoms. The number of hydrogen-bond donors (Lipinski definition) is 2.